The van der Waals surface area contributed by atoms with E-state index >= 15 is 0 Å². The molecule has 2 rings (SSSR count). The highest BCUT2D eigenvalue weighted by molar-refractivity contribution is 5.98. The average molecular weight is 281 g/mol. The van der Waals surface area contributed by atoms with E-state index in [0.717, 1.165) is 16.8 Å². The number of ketones is 1. The molecule has 0 heterocycles. The van der Waals surface area contributed by atoms with Crippen LogP contribution in [-0.4, -0.2) is 11.5 Å². The molecule has 0 N–H and O–H groups in total. The first-order chi connectivity index (χ1) is 10.3. The lowest BCUT2D eigenvalue weighted by Gasteiger charge is -2.03. The van der Waals surface area contributed by atoms with Crippen molar-refractivity contribution in [3.05, 3.63) is 71.8 Å². The Labute approximate surface area is 125 Å². The van der Waals surface area contributed by atoms with E-state index in [1.54, 1.807) is 0 Å². The van der Waals surface area contributed by atoms with E-state index in [1.807, 2.05) is 67.6 Å². The van der Waals surface area contributed by atoms with Gasteiger partial charge in [-0.05, 0) is 18.9 Å². The lowest BCUT2D eigenvalue weighted by Crippen LogP contribution is -2.03. The van der Waals surface area contributed by atoms with Crippen molar-refractivity contribution >= 4 is 11.5 Å². The summed E-state index contributed by atoms with van der Waals surface area (Å²) in [6, 6.07) is 19.2. The first-order valence-corrected chi connectivity index (χ1v) is 7.03. The van der Waals surface area contributed by atoms with E-state index < -0.39 is 0 Å². The van der Waals surface area contributed by atoms with Crippen LogP contribution in [0, 0.1) is 0 Å². The van der Waals surface area contributed by atoms with Crippen LogP contribution in [0.2, 0.25) is 0 Å². The molecule has 0 spiro atoms. The van der Waals surface area contributed by atoms with Crippen molar-refractivity contribution in [1.82, 2.24) is 0 Å². The topological polar surface area (TPSA) is 38.7 Å². The highest BCUT2D eigenvalue weighted by Gasteiger charge is 2.05. The number of benzene rings is 2. The summed E-state index contributed by atoms with van der Waals surface area (Å²) in [5, 5.41) is 4.05. The minimum Gasteiger partial charge on any atom is -0.391 e. The van der Waals surface area contributed by atoms with Crippen LogP contribution in [0.3, 0.4) is 0 Å². The van der Waals surface area contributed by atoms with E-state index in [0.29, 0.717) is 19.4 Å². The van der Waals surface area contributed by atoms with Crippen LogP contribution in [0.25, 0.3) is 0 Å². The van der Waals surface area contributed by atoms with Gasteiger partial charge in [0.05, 0.1) is 5.71 Å². The number of carbonyl (C=O) groups excluding carboxylic acids is 1. The Morgan fingerprint density at radius 3 is 2.24 bits per heavy atom. The second-order valence-corrected chi connectivity index (χ2v) is 4.87. The molecule has 0 aromatic heterocycles. The SMILES string of the molecule is C/C(CCC(=O)c1ccccc1)=N\OCc1ccccc1. The fraction of sp³-hybridized carbons (Fsp3) is 0.222. The first kappa shape index (κ1) is 15.0. The molecule has 0 radical (unpaired) electrons. The smallest absolute Gasteiger partial charge is 0.163 e. The molecule has 0 aliphatic heterocycles. The maximum absolute atomic E-state index is 11.9. The number of carbonyl (C=O) groups is 1. The molecule has 0 unspecified atom stereocenters. The molecule has 3 nitrogen and oxygen atoms in total. The summed E-state index contributed by atoms with van der Waals surface area (Å²) in [7, 11) is 0. The van der Waals surface area contributed by atoms with Crippen molar-refractivity contribution in [2.24, 2.45) is 5.16 Å². The minimum atomic E-state index is 0.133. The van der Waals surface area contributed by atoms with Crippen molar-refractivity contribution in [2.75, 3.05) is 0 Å². The summed E-state index contributed by atoms with van der Waals surface area (Å²) in [6.07, 6.45) is 1.07. The summed E-state index contributed by atoms with van der Waals surface area (Å²) >= 11 is 0. The molecule has 0 saturated carbocycles. The van der Waals surface area contributed by atoms with Crippen molar-refractivity contribution < 1.29 is 9.63 Å². The molecule has 21 heavy (non-hydrogen) atoms. The molecule has 108 valence electrons. The molecule has 0 aliphatic carbocycles. The molecule has 2 aromatic rings. The van der Waals surface area contributed by atoms with Gasteiger partial charge in [0.1, 0.15) is 6.61 Å². The zero-order chi connectivity index (χ0) is 14.9. The first-order valence-electron chi connectivity index (χ1n) is 7.03. The van der Waals surface area contributed by atoms with Gasteiger partial charge in [-0.1, -0.05) is 65.8 Å². The minimum absolute atomic E-state index is 0.133. The summed E-state index contributed by atoms with van der Waals surface area (Å²) < 4.78 is 0. The number of oxime groups is 1. The van der Waals surface area contributed by atoms with Crippen molar-refractivity contribution in [1.29, 1.82) is 0 Å². The normalized spacial score (nSPS) is 11.2. The van der Waals surface area contributed by atoms with Gasteiger partial charge in [0.2, 0.25) is 0 Å². The molecule has 0 amide bonds. The summed E-state index contributed by atoms with van der Waals surface area (Å²) in [5.41, 5.74) is 2.65. The van der Waals surface area contributed by atoms with Crippen LogP contribution in [0.5, 0.6) is 0 Å². The van der Waals surface area contributed by atoms with Gasteiger partial charge in [0, 0.05) is 12.0 Å². The van der Waals surface area contributed by atoms with Gasteiger partial charge in [0.15, 0.2) is 5.78 Å². The Morgan fingerprint density at radius 1 is 0.952 bits per heavy atom. The molecule has 0 aliphatic rings. The zero-order valence-corrected chi connectivity index (χ0v) is 12.2. The Balaban J connectivity index is 1.75. The lowest BCUT2D eigenvalue weighted by atomic mass is 10.1. The van der Waals surface area contributed by atoms with E-state index in [1.165, 1.54) is 0 Å². The van der Waals surface area contributed by atoms with Crippen LogP contribution >= 0.6 is 0 Å². The third-order valence-corrected chi connectivity index (χ3v) is 3.10. The van der Waals surface area contributed by atoms with E-state index in [9.17, 15) is 4.79 Å². The van der Waals surface area contributed by atoms with Gasteiger partial charge in [-0.2, -0.15) is 0 Å². The third kappa shape index (κ3) is 5.22. The molecule has 0 atom stereocenters. The van der Waals surface area contributed by atoms with E-state index in [-0.39, 0.29) is 5.78 Å². The molecular formula is C18H19NO2. The van der Waals surface area contributed by atoms with Crippen molar-refractivity contribution in [2.45, 2.75) is 26.4 Å². The van der Waals surface area contributed by atoms with Crippen molar-refractivity contribution in [3.63, 3.8) is 0 Å². The quantitative estimate of drug-likeness (QED) is 0.432. The predicted octanol–water partition coefficient (Wildman–Crippen LogP) is 4.24. The van der Waals surface area contributed by atoms with Gasteiger partial charge in [0.25, 0.3) is 0 Å². The second-order valence-electron chi connectivity index (χ2n) is 4.87. The summed E-state index contributed by atoms with van der Waals surface area (Å²) in [5.74, 6) is 0.133. The molecule has 0 bridgehead atoms. The van der Waals surface area contributed by atoms with E-state index in [4.69, 9.17) is 4.84 Å². The monoisotopic (exact) mass is 281 g/mol. The van der Waals surface area contributed by atoms with Crippen LogP contribution in [0.1, 0.15) is 35.7 Å². The molecule has 3 heteroatoms. The number of hydrogen-bond acceptors (Lipinski definition) is 3. The molecule has 0 fully saturated rings. The highest BCUT2D eigenvalue weighted by atomic mass is 16.6. The number of rotatable bonds is 7. The maximum Gasteiger partial charge on any atom is 0.163 e. The average Bonchev–Trinajstić information content (AvgIpc) is 2.54. The Hall–Kier alpha value is -2.42. The van der Waals surface area contributed by atoms with E-state index in [2.05, 4.69) is 5.16 Å². The standard InChI is InChI=1S/C18H19NO2/c1-15(19-21-14-16-8-4-2-5-9-16)12-13-18(20)17-10-6-3-7-11-17/h2-11H,12-14H2,1H3/b19-15+. The van der Waals surface area contributed by atoms with Gasteiger partial charge in [-0.3, -0.25) is 4.79 Å². The summed E-state index contributed by atoms with van der Waals surface area (Å²) in [4.78, 5) is 17.2. The van der Waals surface area contributed by atoms with Crippen LogP contribution in [-0.2, 0) is 11.4 Å². The molecule has 2 aromatic carbocycles. The number of nitrogens with zero attached hydrogens (tertiary/aromatic N) is 1. The molecular weight excluding hydrogens is 262 g/mol. The number of Topliss-reactive ketones (excluding diaryl/α,β-unsaturated/α-hetero) is 1. The fourth-order valence-corrected chi connectivity index (χ4v) is 1.90. The maximum atomic E-state index is 11.9. The summed E-state index contributed by atoms with van der Waals surface area (Å²) in [6.45, 7) is 2.33. The lowest BCUT2D eigenvalue weighted by molar-refractivity contribution is 0.0983. The van der Waals surface area contributed by atoms with Gasteiger partial charge >= 0.3 is 0 Å². The zero-order valence-electron chi connectivity index (χ0n) is 12.2. The largest absolute Gasteiger partial charge is 0.391 e. The van der Waals surface area contributed by atoms with Crippen LogP contribution in [0.15, 0.2) is 65.8 Å². The number of hydrogen-bond donors (Lipinski definition) is 0. The highest BCUT2D eigenvalue weighted by Crippen LogP contribution is 2.06. The van der Waals surface area contributed by atoms with Gasteiger partial charge in [-0.15, -0.1) is 0 Å². The van der Waals surface area contributed by atoms with Crippen LogP contribution < -0.4 is 0 Å². The Kier molecular flexibility index (Phi) is 5.71. The van der Waals surface area contributed by atoms with Crippen LogP contribution in [0.4, 0.5) is 0 Å². The Morgan fingerprint density at radius 2 is 1.57 bits per heavy atom. The fourth-order valence-electron chi connectivity index (χ4n) is 1.90. The van der Waals surface area contributed by atoms with Gasteiger partial charge in [-0.25, -0.2) is 0 Å². The van der Waals surface area contributed by atoms with Gasteiger partial charge < -0.3 is 4.84 Å². The molecule has 0 saturated heterocycles. The second kappa shape index (κ2) is 8.00. The Bertz CT molecular complexity index is 591. The predicted molar refractivity (Wildman–Crippen MR) is 84.3 cm³/mol. The van der Waals surface area contributed by atoms with Crippen molar-refractivity contribution in [3.8, 4) is 0 Å². The third-order valence-electron chi connectivity index (χ3n) is 3.10.